The maximum absolute atomic E-state index is 13.7. The van der Waals surface area contributed by atoms with Gasteiger partial charge >= 0.3 is 0 Å². The Morgan fingerprint density at radius 1 is 1.16 bits per heavy atom. The predicted octanol–water partition coefficient (Wildman–Crippen LogP) is 4.22. The van der Waals surface area contributed by atoms with E-state index < -0.39 is 11.7 Å². The fourth-order valence-corrected chi connectivity index (χ4v) is 2.73. The number of hydrogen-bond donors (Lipinski definition) is 1. The van der Waals surface area contributed by atoms with Gasteiger partial charge in [0.25, 0.3) is 5.91 Å². The second kappa shape index (κ2) is 8.32. The first kappa shape index (κ1) is 19.2. The molecule has 1 N–H and O–H groups in total. The number of rotatable bonds is 5. The Morgan fingerprint density at radius 2 is 1.88 bits per heavy atom. The summed E-state index contributed by atoms with van der Waals surface area (Å²) in [6.45, 7) is 3.63. The van der Waals surface area contributed by atoms with E-state index in [0.29, 0.717) is 10.7 Å². The van der Waals surface area contributed by atoms with Gasteiger partial charge in [0.2, 0.25) is 5.91 Å². The van der Waals surface area contributed by atoms with E-state index in [4.69, 9.17) is 23.2 Å². The van der Waals surface area contributed by atoms with E-state index in [0.717, 1.165) is 11.6 Å². The molecular formula is C18H17Cl2FN2O2. The van der Waals surface area contributed by atoms with Gasteiger partial charge in [0, 0.05) is 30.7 Å². The van der Waals surface area contributed by atoms with Gasteiger partial charge in [0.05, 0.1) is 10.6 Å². The quantitative estimate of drug-likeness (QED) is 0.841. The highest BCUT2D eigenvalue weighted by molar-refractivity contribution is 6.33. The van der Waals surface area contributed by atoms with Gasteiger partial charge in [0.15, 0.2) is 0 Å². The molecule has 7 heteroatoms. The van der Waals surface area contributed by atoms with E-state index >= 15 is 0 Å². The van der Waals surface area contributed by atoms with Crippen molar-refractivity contribution in [2.24, 2.45) is 0 Å². The number of hydrogen-bond acceptors (Lipinski definition) is 2. The number of carbonyl (C=O) groups excluding carboxylic acids is 2. The van der Waals surface area contributed by atoms with Crippen LogP contribution in [0.25, 0.3) is 0 Å². The lowest BCUT2D eigenvalue weighted by Gasteiger charge is -2.22. The van der Waals surface area contributed by atoms with E-state index in [1.807, 2.05) is 13.0 Å². The van der Waals surface area contributed by atoms with Crippen LogP contribution in [-0.2, 0) is 4.79 Å². The van der Waals surface area contributed by atoms with Crippen molar-refractivity contribution in [3.8, 4) is 0 Å². The molecule has 0 aliphatic rings. The van der Waals surface area contributed by atoms with Gasteiger partial charge in [0.1, 0.15) is 5.82 Å². The van der Waals surface area contributed by atoms with Gasteiger partial charge < -0.3 is 10.2 Å². The molecule has 0 bridgehead atoms. The second-order valence-electron chi connectivity index (χ2n) is 5.46. The van der Waals surface area contributed by atoms with Crippen LogP contribution in [0.1, 0.15) is 22.8 Å². The predicted molar refractivity (Wildman–Crippen MR) is 98.0 cm³/mol. The van der Waals surface area contributed by atoms with Crippen molar-refractivity contribution in [2.75, 3.05) is 18.0 Å². The molecule has 0 heterocycles. The Bertz CT molecular complexity index is 791. The lowest BCUT2D eigenvalue weighted by molar-refractivity contribution is -0.116. The van der Waals surface area contributed by atoms with Crippen LogP contribution < -0.4 is 10.2 Å². The lowest BCUT2D eigenvalue weighted by Crippen LogP contribution is -2.37. The SMILES string of the molecule is CC(=O)N(CCNC(=O)c1c(F)cccc1Cl)c1ccc(C)c(Cl)c1. The van der Waals surface area contributed by atoms with Gasteiger partial charge in [-0.15, -0.1) is 0 Å². The molecule has 2 rings (SSSR count). The Balaban J connectivity index is 2.06. The average molecular weight is 383 g/mol. The number of carbonyl (C=O) groups is 2. The number of halogens is 3. The maximum Gasteiger partial charge on any atom is 0.255 e. The minimum atomic E-state index is -0.696. The summed E-state index contributed by atoms with van der Waals surface area (Å²) in [6, 6.07) is 9.30. The van der Waals surface area contributed by atoms with Crippen LogP contribution in [-0.4, -0.2) is 24.9 Å². The standard InChI is InChI=1S/C18H17Cl2FN2O2/c1-11-6-7-13(10-15(11)20)23(12(2)24)9-8-22-18(25)17-14(19)4-3-5-16(17)21/h3-7,10H,8-9H2,1-2H3,(H,22,25). The Labute approximate surface area is 155 Å². The third-order valence-electron chi connectivity index (χ3n) is 3.66. The molecule has 0 aromatic heterocycles. The van der Waals surface area contributed by atoms with Crippen molar-refractivity contribution in [2.45, 2.75) is 13.8 Å². The van der Waals surface area contributed by atoms with Gasteiger partial charge in [-0.1, -0.05) is 35.3 Å². The van der Waals surface area contributed by atoms with E-state index in [2.05, 4.69) is 5.32 Å². The molecule has 0 aliphatic heterocycles. The molecule has 132 valence electrons. The van der Waals surface area contributed by atoms with Crippen LogP contribution in [0.2, 0.25) is 10.0 Å². The molecule has 0 fully saturated rings. The fraction of sp³-hybridized carbons (Fsp3) is 0.222. The van der Waals surface area contributed by atoms with Crippen molar-refractivity contribution in [3.05, 3.63) is 63.4 Å². The molecule has 2 aromatic carbocycles. The van der Waals surface area contributed by atoms with Crippen molar-refractivity contribution in [1.82, 2.24) is 5.32 Å². The summed E-state index contributed by atoms with van der Waals surface area (Å²) in [5.74, 6) is -1.52. The van der Waals surface area contributed by atoms with Crippen LogP contribution in [0.4, 0.5) is 10.1 Å². The van der Waals surface area contributed by atoms with Crippen LogP contribution in [0, 0.1) is 12.7 Å². The molecule has 2 amide bonds. The summed E-state index contributed by atoms with van der Waals surface area (Å²) in [5, 5.41) is 3.15. The highest BCUT2D eigenvalue weighted by atomic mass is 35.5. The summed E-state index contributed by atoms with van der Waals surface area (Å²) in [5.41, 5.74) is 1.31. The normalized spacial score (nSPS) is 10.4. The smallest absolute Gasteiger partial charge is 0.255 e. The largest absolute Gasteiger partial charge is 0.350 e. The number of nitrogens with zero attached hydrogens (tertiary/aromatic N) is 1. The molecule has 0 unspecified atom stereocenters. The topological polar surface area (TPSA) is 49.4 Å². The fourth-order valence-electron chi connectivity index (χ4n) is 2.30. The Hall–Kier alpha value is -2.11. The number of benzene rings is 2. The third kappa shape index (κ3) is 4.71. The maximum atomic E-state index is 13.7. The third-order valence-corrected chi connectivity index (χ3v) is 4.38. The molecule has 0 saturated carbocycles. The summed E-state index contributed by atoms with van der Waals surface area (Å²) < 4.78 is 13.7. The zero-order chi connectivity index (χ0) is 18.6. The molecule has 25 heavy (non-hydrogen) atoms. The number of anilines is 1. The highest BCUT2D eigenvalue weighted by Crippen LogP contribution is 2.23. The number of nitrogens with one attached hydrogen (secondary N) is 1. The average Bonchev–Trinajstić information content (AvgIpc) is 2.54. The first-order valence-electron chi connectivity index (χ1n) is 7.57. The second-order valence-corrected chi connectivity index (χ2v) is 6.27. The molecule has 4 nitrogen and oxygen atoms in total. The van der Waals surface area contributed by atoms with E-state index in [1.54, 1.807) is 12.1 Å². The first-order chi connectivity index (χ1) is 11.8. The van der Waals surface area contributed by atoms with E-state index in [9.17, 15) is 14.0 Å². The van der Waals surface area contributed by atoms with Gasteiger partial charge in [-0.05, 0) is 36.8 Å². The first-order valence-corrected chi connectivity index (χ1v) is 8.33. The molecular weight excluding hydrogens is 366 g/mol. The zero-order valence-electron chi connectivity index (χ0n) is 13.8. The molecule has 0 atom stereocenters. The van der Waals surface area contributed by atoms with Crippen molar-refractivity contribution in [3.63, 3.8) is 0 Å². The number of aryl methyl sites for hydroxylation is 1. The summed E-state index contributed by atoms with van der Waals surface area (Å²) >= 11 is 12.0. The van der Waals surface area contributed by atoms with Crippen molar-refractivity contribution in [1.29, 1.82) is 0 Å². The molecule has 2 aromatic rings. The summed E-state index contributed by atoms with van der Waals surface area (Å²) in [4.78, 5) is 25.5. The minimum Gasteiger partial charge on any atom is -0.350 e. The van der Waals surface area contributed by atoms with E-state index in [-0.39, 0.29) is 29.6 Å². The summed E-state index contributed by atoms with van der Waals surface area (Å²) in [6.07, 6.45) is 0. The minimum absolute atomic E-state index is 0.0336. The summed E-state index contributed by atoms with van der Waals surface area (Å²) in [7, 11) is 0. The van der Waals surface area contributed by atoms with Crippen LogP contribution in [0.5, 0.6) is 0 Å². The van der Waals surface area contributed by atoms with Gasteiger partial charge in [-0.25, -0.2) is 4.39 Å². The number of amides is 2. The van der Waals surface area contributed by atoms with Gasteiger partial charge in [-0.2, -0.15) is 0 Å². The molecule has 0 aliphatic carbocycles. The van der Waals surface area contributed by atoms with Crippen LogP contribution in [0.15, 0.2) is 36.4 Å². The monoisotopic (exact) mass is 382 g/mol. The van der Waals surface area contributed by atoms with Crippen molar-refractivity contribution < 1.29 is 14.0 Å². The Morgan fingerprint density at radius 3 is 2.48 bits per heavy atom. The molecule has 0 radical (unpaired) electrons. The van der Waals surface area contributed by atoms with Crippen LogP contribution in [0.3, 0.4) is 0 Å². The lowest BCUT2D eigenvalue weighted by atomic mass is 10.2. The van der Waals surface area contributed by atoms with E-state index in [1.165, 1.54) is 24.0 Å². The highest BCUT2D eigenvalue weighted by Gasteiger charge is 2.17. The Kier molecular flexibility index (Phi) is 6.39. The van der Waals surface area contributed by atoms with Gasteiger partial charge in [-0.3, -0.25) is 9.59 Å². The molecule has 0 spiro atoms. The molecule has 0 saturated heterocycles. The zero-order valence-corrected chi connectivity index (χ0v) is 15.3. The van der Waals surface area contributed by atoms with Crippen molar-refractivity contribution >= 4 is 40.7 Å². The van der Waals surface area contributed by atoms with Crippen LogP contribution >= 0.6 is 23.2 Å².